The molecule has 1 nitrogen and oxygen atoms in total. The molecule has 0 spiro atoms. The lowest BCUT2D eigenvalue weighted by molar-refractivity contribution is 0.149. The van der Waals surface area contributed by atoms with Gasteiger partial charge in [0.25, 0.3) is 0 Å². The van der Waals surface area contributed by atoms with Crippen molar-refractivity contribution in [2.45, 2.75) is 25.7 Å². The minimum atomic E-state index is -2.30. The first-order valence-electron chi connectivity index (χ1n) is 4.70. The molecule has 1 aromatic carbocycles. The topological polar surface area (TPSA) is 20.2 Å². The van der Waals surface area contributed by atoms with E-state index in [1.54, 1.807) is 12.1 Å². The zero-order valence-electron chi connectivity index (χ0n) is 7.92. The molecule has 0 aliphatic heterocycles. The molecular formula is C11H14F2O. The molecule has 0 fully saturated rings. The zero-order chi connectivity index (χ0) is 10.4. The Balaban J connectivity index is 2.69. The highest BCUT2D eigenvalue weighted by Gasteiger charge is 2.07. The monoisotopic (exact) mass is 200 g/mol. The molecule has 0 aromatic heterocycles. The van der Waals surface area contributed by atoms with Gasteiger partial charge in [0.1, 0.15) is 0 Å². The molecule has 0 aliphatic rings. The van der Waals surface area contributed by atoms with Crippen LogP contribution < -0.4 is 0 Å². The van der Waals surface area contributed by atoms with E-state index >= 15 is 0 Å². The summed E-state index contributed by atoms with van der Waals surface area (Å²) in [5, 5.41) is 8.65. The third-order valence-electron chi connectivity index (χ3n) is 2.10. The van der Waals surface area contributed by atoms with E-state index in [1.807, 2.05) is 12.1 Å². The van der Waals surface area contributed by atoms with Gasteiger partial charge in [-0.15, -0.1) is 0 Å². The lowest BCUT2D eigenvalue weighted by Gasteiger charge is -2.07. The maximum absolute atomic E-state index is 12.2. The van der Waals surface area contributed by atoms with Gasteiger partial charge in [-0.05, 0) is 24.0 Å². The Morgan fingerprint density at radius 3 is 2.36 bits per heavy atom. The largest absolute Gasteiger partial charge is 0.396 e. The molecule has 0 aliphatic carbocycles. The fourth-order valence-corrected chi connectivity index (χ4v) is 1.44. The van der Waals surface area contributed by atoms with Crippen LogP contribution in [0, 0.1) is 0 Å². The second-order valence-electron chi connectivity index (χ2n) is 3.19. The molecule has 14 heavy (non-hydrogen) atoms. The summed E-state index contributed by atoms with van der Waals surface area (Å²) in [4.78, 5) is 0. The van der Waals surface area contributed by atoms with Crippen LogP contribution >= 0.6 is 0 Å². The van der Waals surface area contributed by atoms with Gasteiger partial charge >= 0.3 is 0 Å². The van der Waals surface area contributed by atoms with Crippen LogP contribution in [0.15, 0.2) is 24.3 Å². The first-order valence-corrected chi connectivity index (χ1v) is 4.70. The van der Waals surface area contributed by atoms with Crippen LogP contribution in [-0.2, 0) is 12.8 Å². The second kappa shape index (κ2) is 5.70. The number of aryl methyl sites for hydroxylation is 1. The molecule has 1 aromatic rings. The van der Waals surface area contributed by atoms with E-state index in [2.05, 4.69) is 0 Å². The maximum Gasteiger partial charge on any atom is 0.242 e. The van der Waals surface area contributed by atoms with Crippen molar-refractivity contribution in [1.82, 2.24) is 0 Å². The highest BCUT2D eigenvalue weighted by molar-refractivity contribution is 5.27. The molecule has 0 heterocycles. The summed E-state index contributed by atoms with van der Waals surface area (Å²) < 4.78 is 24.3. The number of hydrogen-bond donors (Lipinski definition) is 1. The smallest absolute Gasteiger partial charge is 0.242 e. The van der Waals surface area contributed by atoms with Crippen molar-refractivity contribution in [3.63, 3.8) is 0 Å². The molecule has 1 N–H and O–H groups in total. The average molecular weight is 200 g/mol. The van der Waals surface area contributed by atoms with E-state index < -0.39 is 6.43 Å². The lowest BCUT2D eigenvalue weighted by atomic mass is 10.0. The summed E-state index contributed by atoms with van der Waals surface area (Å²) >= 11 is 0. The van der Waals surface area contributed by atoms with Crippen LogP contribution in [0.1, 0.15) is 17.5 Å². The first kappa shape index (κ1) is 11.1. The fraction of sp³-hybridized carbons (Fsp3) is 0.455. The Kier molecular flexibility index (Phi) is 4.53. The van der Waals surface area contributed by atoms with Crippen LogP contribution in [0.5, 0.6) is 0 Å². The van der Waals surface area contributed by atoms with Gasteiger partial charge in [0.2, 0.25) is 6.43 Å². The molecule has 0 saturated heterocycles. The number of halogens is 2. The molecule has 0 amide bonds. The quantitative estimate of drug-likeness (QED) is 0.773. The number of alkyl halides is 2. The van der Waals surface area contributed by atoms with Gasteiger partial charge < -0.3 is 5.11 Å². The van der Waals surface area contributed by atoms with Crippen molar-refractivity contribution >= 4 is 0 Å². The number of aliphatic hydroxyl groups excluding tert-OH is 1. The van der Waals surface area contributed by atoms with Crippen molar-refractivity contribution in [1.29, 1.82) is 0 Å². The molecule has 1 rings (SSSR count). The van der Waals surface area contributed by atoms with Crippen molar-refractivity contribution in [2.75, 3.05) is 6.61 Å². The Hall–Kier alpha value is -0.960. The van der Waals surface area contributed by atoms with Crippen LogP contribution in [0.3, 0.4) is 0 Å². The number of aliphatic hydroxyl groups is 1. The molecule has 0 bridgehead atoms. The zero-order valence-corrected chi connectivity index (χ0v) is 7.92. The predicted octanol–water partition coefficient (Wildman–Crippen LogP) is 2.42. The molecule has 3 heteroatoms. The SMILES string of the molecule is OCCCc1ccccc1CC(F)F. The van der Waals surface area contributed by atoms with Crippen LogP contribution in [0.2, 0.25) is 0 Å². The molecule has 0 unspecified atom stereocenters. The molecule has 0 atom stereocenters. The number of rotatable bonds is 5. The third kappa shape index (κ3) is 3.42. The van der Waals surface area contributed by atoms with Crippen molar-refractivity contribution in [3.8, 4) is 0 Å². The van der Waals surface area contributed by atoms with Gasteiger partial charge in [0, 0.05) is 13.0 Å². The standard InChI is InChI=1S/C11H14F2O/c12-11(13)8-10-5-2-1-4-9(10)6-3-7-14/h1-2,4-5,11,14H,3,6-8H2. The van der Waals surface area contributed by atoms with E-state index in [4.69, 9.17) is 5.11 Å². The minimum Gasteiger partial charge on any atom is -0.396 e. The van der Waals surface area contributed by atoms with E-state index in [0.717, 1.165) is 5.56 Å². The molecule has 78 valence electrons. The summed E-state index contributed by atoms with van der Waals surface area (Å²) in [6.45, 7) is 0.100. The Morgan fingerprint density at radius 2 is 1.79 bits per heavy atom. The summed E-state index contributed by atoms with van der Waals surface area (Å²) in [5.41, 5.74) is 1.61. The maximum atomic E-state index is 12.2. The summed E-state index contributed by atoms with van der Waals surface area (Å²) in [7, 11) is 0. The van der Waals surface area contributed by atoms with Crippen molar-refractivity contribution < 1.29 is 13.9 Å². The average Bonchev–Trinajstić information content (AvgIpc) is 2.16. The number of hydrogen-bond acceptors (Lipinski definition) is 1. The normalized spacial score (nSPS) is 10.9. The highest BCUT2D eigenvalue weighted by atomic mass is 19.3. The minimum absolute atomic E-state index is 0.100. The highest BCUT2D eigenvalue weighted by Crippen LogP contribution is 2.14. The first-order chi connectivity index (χ1) is 6.74. The van der Waals surface area contributed by atoms with Crippen LogP contribution in [0.4, 0.5) is 8.78 Å². The van der Waals surface area contributed by atoms with Gasteiger partial charge in [0.05, 0.1) is 0 Å². The van der Waals surface area contributed by atoms with Crippen molar-refractivity contribution in [3.05, 3.63) is 35.4 Å². The molecule has 0 radical (unpaired) electrons. The molecule has 0 saturated carbocycles. The van der Waals surface area contributed by atoms with Crippen molar-refractivity contribution in [2.24, 2.45) is 0 Å². The van der Waals surface area contributed by atoms with Gasteiger partial charge in [-0.3, -0.25) is 0 Å². The van der Waals surface area contributed by atoms with Gasteiger partial charge in [-0.2, -0.15) is 0 Å². The Bertz CT molecular complexity index is 274. The summed E-state index contributed by atoms with van der Waals surface area (Å²) in [6, 6.07) is 7.16. The lowest BCUT2D eigenvalue weighted by Crippen LogP contribution is -2.02. The fourth-order valence-electron chi connectivity index (χ4n) is 1.44. The van der Waals surface area contributed by atoms with Gasteiger partial charge in [-0.1, -0.05) is 24.3 Å². The van der Waals surface area contributed by atoms with E-state index in [9.17, 15) is 8.78 Å². The van der Waals surface area contributed by atoms with Crippen LogP contribution in [-0.4, -0.2) is 18.1 Å². The van der Waals surface area contributed by atoms with E-state index in [1.165, 1.54) is 0 Å². The summed E-state index contributed by atoms with van der Waals surface area (Å²) in [6.07, 6.45) is -1.20. The van der Waals surface area contributed by atoms with E-state index in [-0.39, 0.29) is 13.0 Å². The molecular weight excluding hydrogens is 186 g/mol. The second-order valence-corrected chi connectivity index (χ2v) is 3.19. The summed E-state index contributed by atoms with van der Waals surface area (Å²) in [5.74, 6) is 0. The van der Waals surface area contributed by atoms with Crippen LogP contribution in [0.25, 0.3) is 0 Å². The number of benzene rings is 1. The van der Waals surface area contributed by atoms with Gasteiger partial charge in [0.15, 0.2) is 0 Å². The van der Waals surface area contributed by atoms with Gasteiger partial charge in [-0.25, -0.2) is 8.78 Å². The predicted molar refractivity (Wildman–Crippen MR) is 51.6 cm³/mol. The Labute approximate surface area is 82.4 Å². The van der Waals surface area contributed by atoms with E-state index in [0.29, 0.717) is 18.4 Å². The third-order valence-corrected chi connectivity index (χ3v) is 2.10. The Morgan fingerprint density at radius 1 is 1.14 bits per heavy atom.